The summed E-state index contributed by atoms with van der Waals surface area (Å²) in [6, 6.07) is 5.77. The van der Waals surface area contributed by atoms with Crippen LogP contribution in [0.3, 0.4) is 0 Å². The van der Waals surface area contributed by atoms with Crippen molar-refractivity contribution in [3.8, 4) is 5.75 Å². The van der Waals surface area contributed by atoms with Crippen LogP contribution < -0.4 is 4.74 Å². The first kappa shape index (κ1) is 14.3. The van der Waals surface area contributed by atoms with Gasteiger partial charge < -0.3 is 19.3 Å². The zero-order valence-corrected chi connectivity index (χ0v) is 11.6. The molecule has 1 N–H and O–H groups in total. The van der Waals surface area contributed by atoms with Gasteiger partial charge in [0.15, 0.2) is 0 Å². The molecule has 2 atom stereocenters. The van der Waals surface area contributed by atoms with Crippen molar-refractivity contribution in [2.45, 2.75) is 19.4 Å². The molecule has 4 heteroatoms. The van der Waals surface area contributed by atoms with Gasteiger partial charge in [-0.2, -0.15) is 0 Å². The first-order valence-electron chi connectivity index (χ1n) is 6.68. The molecular weight excluding hydrogens is 244 g/mol. The van der Waals surface area contributed by atoms with Gasteiger partial charge in [-0.05, 0) is 25.5 Å². The maximum atomic E-state index is 10.2. The molecule has 106 valence electrons. The van der Waals surface area contributed by atoms with Gasteiger partial charge in [0, 0.05) is 18.1 Å². The fourth-order valence-corrected chi connectivity index (χ4v) is 2.27. The van der Waals surface area contributed by atoms with E-state index in [0.29, 0.717) is 18.3 Å². The quantitative estimate of drug-likeness (QED) is 0.856. The summed E-state index contributed by atoms with van der Waals surface area (Å²) < 4.78 is 16.1. The van der Waals surface area contributed by atoms with Gasteiger partial charge in [0.2, 0.25) is 0 Å². The highest BCUT2D eigenvalue weighted by molar-refractivity contribution is 5.38. The first-order chi connectivity index (χ1) is 9.20. The third kappa shape index (κ3) is 3.93. The minimum Gasteiger partial charge on any atom is -0.496 e. The van der Waals surface area contributed by atoms with Crippen molar-refractivity contribution in [1.29, 1.82) is 0 Å². The predicted molar refractivity (Wildman–Crippen MR) is 72.4 cm³/mol. The second-order valence-corrected chi connectivity index (χ2v) is 5.03. The van der Waals surface area contributed by atoms with Crippen molar-refractivity contribution in [2.24, 2.45) is 5.92 Å². The molecule has 2 unspecified atom stereocenters. The molecule has 1 heterocycles. The molecule has 0 spiro atoms. The molecule has 1 aliphatic rings. The van der Waals surface area contributed by atoms with Crippen LogP contribution in [0, 0.1) is 12.8 Å². The van der Waals surface area contributed by atoms with Crippen molar-refractivity contribution < 1.29 is 19.3 Å². The molecule has 0 aliphatic carbocycles. The zero-order chi connectivity index (χ0) is 13.7. The molecule has 0 amide bonds. The van der Waals surface area contributed by atoms with Crippen LogP contribution in [-0.2, 0) is 9.47 Å². The molecule has 1 aromatic rings. The molecule has 19 heavy (non-hydrogen) atoms. The van der Waals surface area contributed by atoms with Crippen LogP contribution >= 0.6 is 0 Å². The van der Waals surface area contributed by atoms with Gasteiger partial charge in [-0.15, -0.1) is 0 Å². The lowest BCUT2D eigenvalue weighted by molar-refractivity contribution is 0.0176. The first-order valence-corrected chi connectivity index (χ1v) is 6.68. The van der Waals surface area contributed by atoms with E-state index in [1.807, 2.05) is 25.1 Å². The summed E-state index contributed by atoms with van der Waals surface area (Å²) >= 11 is 0. The number of ether oxygens (including phenoxy) is 3. The van der Waals surface area contributed by atoms with Crippen LogP contribution in [0.15, 0.2) is 18.2 Å². The SMILES string of the molecule is COc1ccc(C)cc1C(O)COCC1CCOC1. The molecule has 0 radical (unpaired) electrons. The van der Waals surface area contributed by atoms with Gasteiger partial charge in [-0.3, -0.25) is 0 Å². The molecule has 4 nitrogen and oxygen atoms in total. The number of hydrogen-bond donors (Lipinski definition) is 1. The van der Waals surface area contributed by atoms with Crippen LogP contribution in [0.1, 0.15) is 23.7 Å². The molecule has 1 saturated heterocycles. The monoisotopic (exact) mass is 266 g/mol. The molecule has 1 fully saturated rings. The standard InChI is InChI=1S/C15H22O4/c1-11-3-4-15(17-2)13(7-11)14(16)10-19-9-12-5-6-18-8-12/h3-4,7,12,14,16H,5-6,8-10H2,1-2H3. The van der Waals surface area contributed by atoms with E-state index < -0.39 is 6.10 Å². The lowest BCUT2D eigenvalue weighted by atomic mass is 10.1. The van der Waals surface area contributed by atoms with Gasteiger partial charge in [0.25, 0.3) is 0 Å². The van der Waals surface area contributed by atoms with E-state index in [9.17, 15) is 5.11 Å². The predicted octanol–water partition coefficient (Wildman–Crippen LogP) is 2.09. The number of methoxy groups -OCH3 is 1. The Bertz CT molecular complexity index is 399. The smallest absolute Gasteiger partial charge is 0.124 e. The van der Waals surface area contributed by atoms with Crippen LogP contribution in [0.4, 0.5) is 0 Å². The number of rotatable bonds is 6. The Balaban J connectivity index is 1.87. The van der Waals surface area contributed by atoms with Gasteiger partial charge in [0.1, 0.15) is 11.9 Å². The number of benzene rings is 1. The van der Waals surface area contributed by atoms with Crippen molar-refractivity contribution >= 4 is 0 Å². The second kappa shape index (κ2) is 6.89. The highest BCUT2D eigenvalue weighted by atomic mass is 16.5. The number of aliphatic hydroxyl groups is 1. The average Bonchev–Trinajstić information content (AvgIpc) is 2.91. The zero-order valence-electron chi connectivity index (χ0n) is 11.6. The van der Waals surface area contributed by atoms with E-state index in [1.54, 1.807) is 7.11 Å². The fourth-order valence-electron chi connectivity index (χ4n) is 2.27. The molecule has 1 aromatic carbocycles. The van der Waals surface area contributed by atoms with E-state index in [-0.39, 0.29) is 6.61 Å². The summed E-state index contributed by atoms with van der Waals surface area (Å²) in [6.07, 6.45) is 0.390. The fraction of sp³-hybridized carbons (Fsp3) is 0.600. The van der Waals surface area contributed by atoms with Crippen LogP contribution in [0.25, 0.3) is 0 Å². The minimum atomic E-state index is -0.655. The van der Waals surface area contributed by atoms with Crippen molar-refractivity contribution in [2.75, 3.05) is 33.5 Å². The number of aliphatic hydroxyl groups excluding tert-OH is 1. The lowest BCUT2D eigenvalue weighted by Gasteiger charge is -2.17. The van der Waals surface area contributed by atoms with Crippen LogP contribution in [0.5, 0.6) is 5.75 Å². The van der Waals surface area contributed by atoms with Crippen molar-refractivity contribution in [3.05, 3.63) is 29.3 Å². The average molecular weight is 266 g/mol. The Morgan fingerprint density at radius 3 is 3.00 bits per heavy atom. The maximum Gasteiger partial charge on any atom is 0.124 e. The Hall–Kier alpha value is -1.10. The van der Waals surface area contributed by atoms with E-state index in [1.165, 1.54) is 0 Å². The minimum absolute atomic E-state index is 0.288. The summed E-state index contributed by atoms with van der Waals surface area (Å²) in [7, 11) is 1.61. The highest BCUT2D eigenvalue weighted by Crippen LogP contribution is 2.26. The molecule has 0 saturated carbocycles. The Labute approximate surface area is 114 Å². The Morgan fingerprint density at radius 1 is 1.47 bits per heavy atom. The lowest BCUT2D eigenvalue weighted by Crippen LogP contribution is -2.14. The van der Waals surface area contributed by atoms with Crippen molar-refractivity contribution in [3.63, 3.8) is 0 Å². The molecular formula is C15H22O4. The molecule has 0 aromatic heterocycles. The number of aryl methyl sites for hydroxylation is 1. The van der Waals surface area contributed by atoms with Gasteiger partial charge >= 0.3 is 0 Å². The Kier molecular flexibility index (Phi) is 5.19. The summed E-state index contributed by atoms with van der Waals surface area (Å²) in [5.41, 5.74) is 1.88. The van der Waals surface area contributed by atoms with E-state index >= 15 is 0 Å². The highest BCUT2D eigenvalue weighted by Gasteiger charge is 2.18. The van der Waals surface area contributed by atoms with Gasteiger partial charge in [-0.1, -0.05) is 11.6 Å². The second-order valence-electron chi connectivity index (χ2n) is 5.03. The maximum absolute atomic E-state index is 10.2. The summed E-state index contributed by atoms with van der Waals surface area (Å²) in [5.74, 6) is 1.16. The van der Waals surface area contributed by atoms with E-state index in [4.69, 9.17) is 14.2 Å². The Morgan fingerprint density at radius 2 is 2.32 bits per heavy atom. The summed E-state index contributed by atoms with van der Waals surface area (Å²) in [5, 5.41) is 10.2. The molecule has 0 bridgehead atoms. The third-order valence-corrected chi connectivity index (χ3v) is 3.40. The van der Waals surface area contributed by atoms with Crippen LogP contribution in [-0.4, -0.2) is 38.6 Å². The summed E-state index contributed by atoms with van der Waals surface area (Å²) in [6.45, 7) is 4.51. The molecule has 1 aliphatic heterocycles. The topological polar surface area (TPSA) is 47.9 Å². The van der Waals surface area contributed by atoms with Crippen LogP contribution in [0.2, 0.25) is 0 Å². The van der Waals surface area contributed by atoms with Gasteiger partial charge in [-0.25, -0.2) is 0 Å². The largest absolute Gasteiger partial charge is 0.496 e. The third-order valence-electron chi connectivity index (χ3n) is 3.40. The molecule has 2 rings (SSSR count). The number of hydrogen-bond acceptors (Lipinski definition) is 4. The normalized spacial score (nSPS) is 20.5. The van der Waals surface area contributed by atoms with E-state index in [2.05, 4.69) is 0 Å². The van der Waals surface area contributed by atoms with E-state index in [0.717, 1.165) is 30.8 Å². The summed E-state index contributed by atoms with van der Waals surface area (Å²) in [4.78, 5) is 0. The van der Waals surface area contributed by atoms with Crippen molar-refractivity contribution in [1.82, 2.24) is 0 Å². The van der Waals surface area contributed by atoms with Gasteiger partial charge in [0.05, 0.1) is 26.9 Å².